The lowest BCUT2D eigenvalue weighted by Gasteiger charge is -2.02. The highest BCUT2D eigenvalue weighted by molar-refractivity contribution is 5.93. The molecular formula is C12H11N. The molecule has 0 saturated heterocycles. The molecule has 0 bridgehead atoms. The molecule has 1 aliphatic rings. The van der Waals surface area contributed by atoms with Gasteiger partial charge in [0.2, 0.25) is 0 Å². The Kier molecular flexibility index (Phi) is 1.21. The molecule has 64 valence electrons. The van der Waals surface area contributed by atoms with Gasteiger partial charge in [0.15, 0.2) is 0 Å². The predicted octanol–water partition coefficient (Wildman–Crippen LogP) is 2.52. The van der Waals surface area contributed by atoms with Crippen molar-refractivity contribution in [1.82, 2.24) is 0 Å². The van der Waals surface area contributed by atoms with Gasteiger partial charge in [0, 0.05) is 5.69 Å². The average Bonchev–Trinajstić information content (AvgIpc) is 2.50. The Balaban J connectivity index is 2.54. The molecule has 0 radical (unpaired) electrons. The van der Waals surface area contributed by atoms with Gasteiger partial charge in [0.25, 0.3) is 0 Å². The van der Waals surface area contributed by atoms with Crippen LogP contribution in [0.3, 0.4) is 0 Å². The summed E-state index contributed by atoms with van der Waals surface area (Å²) in [6.07, 6.45) is 2.33. The highest BCUT2D eigenvalue weighted by Gasteiger charge is 2.13. The number of hydrogen-bond acceptors (Lipinski definition) is 1. The van der Waals surface area contributed by atoms with E-state index < -0.39 is 0 Å². The fourth-order valence-corrected chi connectivity index (χ4v) is 2.30. The number of nitrogen functional groups attached to an aromatic ring is 1. The molecule has 0 unspecified atom stereocenters. The minimum atomic E-state index is 0.890. The van der Waals surface area contributed by atoms with Gasteiger partial charge >= 0.3 is 0 Å². The fourth-order valence-electron chi connectivity index (χ4n) is 2.30. The SMILES string of the molecule is Nc1cc2c3c(cccc3c1)CC2. The van der Waals surface area contributed by atoms with Crippen LogP contribution in [0.2, 0.25) is 0 Å². The molecule has 0 amide bonds. The van der Waals surface area contributed by atoms with E-state index in [1.807, 2.05) is 0 Å². The van der Waals surface area contributed by atoms with Crippen molar-refractivity contribution in [3.8, 4) is 0 Å². The van der Waals surface area contributed by atoms with Crippen LogP contribution in [0.5, 0.6) is 0 Å². The second-order valence-corrected chi connectivity index (χ2v) is 3.70. The topological polar surface area (TPSA) is 26.0 Å². The maximum absolute atomic E-state index is 5.82. The summed E-state index contributed by atoms with van der Waals surface area (Å²) in [5.74, 6) is 0. The van der Waals surface area contributed by atoms with Crippen LogP contribution >= 0.6 is 0 Å². The molecule has 2 aromatic rings. The Morgan fingerprint density at radius 1 is 1.00 bits per heavy atom. The monoisotopic (exact) mass is 169 g/mol. The summed E-state index contributed by atoms with van der Waals surface area (Å²) in [4.78, 5) is 0. The smallest absolute Gasteiger partial charge is 0.0323 e. The lowest BCUT2D eigenvalue weighted by Crippen LogP contribution is -1.87. The predicted molar refractivity (Wildman–Crippen MR) is 55.8 cm³/mol. The van der Waals surface area contributed by atoms with E-state index in [0.29, 0.717) is 0 Å². The molecule has 1 heteroatoms. The van der Waals surface area contributed by atoms with Gasteiger partial charge in [-0.25, -0.2) is 0 Å². The van der Waals surface area contributed by atoms with Crippen molar-refractivity contribution in [3.63, 3.8) is 0 Å². The highest BCUT2D eigenvalue weighted by atomic mass is 14.5. The molecule has 13 heavy (non-hydrogen) atoms. The summed E-state index contributed by atoms with van der Waals surface area (Å²) in [6, 6.07) is 10.7. The van der Waals surface area contributed by atoms with Crippen molar-refractivity contribution in [3.05, 3.63) is 41.5 Å². The first kappa shape index (κ1) is 6.96. The molecule has 1 aliphatic carbocycles. The number of nitrogens with two attached hydrogens (primary N) is 1. The molecule has 0 aromatic heterocycles. The Morgan fingerprint density at radius 3 is 2.77 bits per heavy atom. The summed E-state index contributed by atoms with van der Waals surface area (Å²) >= 11 is 0. The van der Waals surface area contributed by atoms with Gasteiger partial charge in [-0.05, 0) is 46.9 Å². The second-order valence-electron chi connectivity index (χ2n) is 3.70. The lowest BCUT2D eigenvalue weighted by atomic mass is 10.0. The summed E-state index contributed by atoms with van der Waals surface area (Å²) < 4.78 is 0. The molecule has 2 N–H and O–H groups in total. The van der Waals surface area contributed by atoms with E-state index in [9.17, 15) is 0 Å². The normalized spacial score (nSPS) is 13.8. The van der Waals surface area contributed by atoms with E-state index in [-0.39, 0.29) is 0 Å². The van der Waals surface area contributed by atoms with E-state index in [1.54, 1.807) is 0 Å². The van der Waals surface area contributed by atoms with Crippen LogP contribution in [0, 0.1) is 0 Å². The van der Waals surface area contributed by atoms with Gasteiger partial charge in [0.05, 0.1) is 0 Å². The van der Waals surface area contributed by atoms with E-state index in [0.717, 1.165) is 12.1 Å². The van der Waals surface area contributed by atoms with Gasteiger partial charge in [-0.1, -0.05) is 18.2 Å². The summed E-state index contributed by atoms with van der Waals surface area (Å²) in [5.41, 5.74) is 9.61. The molecule has 1 nitrogen and oxygen atoms in total. The Hall–Kier alpha value is -1.50. The number of rotatable bonds is 0. The standard InChI is InChI=1S/C12H11N/c13-11-6-9-3-1-2-8-4-5-10(7-11)12(8)9/h1-3,6-7H,4-5,13H2. The summed E-state index contributed by atoms with van der Waals surface area (Å²) in [7, 11) is 0. The van der Waals surface area contributed by atoms with Crippen LogP contribution < -0.4 is 5.73 Å². The first-order valence-corrected chi connectivity index (χ1v) is 4.64. The van der Waals surface area contributed by atoms with Crippen LogP contribution in [0.15, 0.2) is 30.3 Å². The molecule has 2 aromatic carbocycles. The van der Waals surface area contributed by atoms with Crippen molar-refractivity contribution in [1.29, 1.82) is 0 Å². The van der Waals surface area contributed by atoms with E-state index in [2.05, 4.69) is 30.3 Å². The fraction of sp³-hybridized carbons (Fsp3) is 0.167. The number of anilines is 1. The summed E-state index contributed by atoms with van der Waals surface area (Å²) in [6.45, 7) is 0. The van der Waals surface area contributed by atoms with E-state index >= 15 is 0 Å². The van der Waals surface area contributed by atoms with Crippen LogP contribution in [-0.2, 0) is 12.8 Å². The molecule has 0 spiro atoms. The third-order valence-corrected chi connectivity index (χ3v) is 2.83. The zero-order valence-corrected chi connectivity index (χ0v) is 7.38. The maximum Gasteiger partial charge on any atom is 0.0323 e. The van der Waals surface area contributed by atoms with Crippen LogP contribution in [-0.4, -0.2) is 0 Å². The number of benzene rings is 2. The molecule has 0 saturated carbocycles. The molecule has 3 rings (SSSR count). The van der Waals surface area contributed by atoms with Crippen molar-refractivity contribution in [2.75, 3.05) is 5.73 Å². The minimum Gasteiger partial charge on any atom is -0.399 e. The average molecular weight is 169 g/mol. The van der Waals surface area contributed by atoms with Gasteiger partial charge in [-0.2, -0.15) is 0 Å². The summed E-state index contributed by atoms with van der Waals surface area (Å²) in [5, 5.41) is 2.74. The van der Waals surface area contributed by atoms with Crippen LogP contribution in [0.1, 0.15) is 11.1 Å². The Bertz CT molecular complexity index is 486. The first-order valence-electron chi connectivity index (χ1n) is 4.64. The number of hydrogen-bond donors (Lipinski definition) is 1. The van der Waals surface area contributed by atoms with Gasteiger partial charge < -0.3 is 5.73 Å². The molecular weight excluding hydrogens is 158 g/mol. The van der Waals surface area contributed by atoms with E-state index in [1.165, 1.54) is 28.3 Å². The Labute approximate surface area is 77.2 Å². The molecule has 0 fully saturated rings. The molecule has 0 heterocycles. The van der Waals surface area contributed by atoms with Gasteiger partial charge in [0.1, 0.15) is 0 Å². The maximum atomic E-state index is 5.82. The first-order chi connectivity index (χ1) is 6.34. The van der Waals surface area contributed by atoms with Crippen molar-refractivity contribution >= 4 is 16.5 Å². The molecule has 0 atom stereocenters. The second kappa shape index (κ2) is 2.25. The van der Waals surface area contributed by atoms with Crippen LogP contribution in [0.4, 0.5) is 5.69 Å². The Morgan fingerprint density at radius 2 is 1.85 bits per heavy atom. The lowest BCUT2D eigenvalue weighted by molar-refractivity contribution is 1.02. The number of aryl methyl sites for hydroxylation is 2. The van der Waals surface area contributed by atoms with Crippen LogP contribution in [0.25, 0.3) is 10.8 Å². The zero-order valence-electron chi connectivity index (χ0n) is 7.38. The van der Waals surface area contributed by atoms with Crippen molar-refractivity contribution in [2.45, 2.75) is 12.8 Å². The van der Waals surface area contributed by atoms with E-state index in [4.69, 9.17) is 5.73 Å². The van der Waals surface area contributed by atoms with Gasteiger partial charge in [-0.15, -0.1) is 0 Å². The van der Waals surface area contributed by atoms with Crippen molar-refractivity contribution in [2.24, 2.45) is 0 Å². The highest BCUT2D eigenvalue weighted by Crippen LogP contribution is 2.32. The third-order valence-electron chi connectivity index (χ3n) is 2.83. The molecule has 0 aliphatic heterocycles. The quantitative estimate of drug-likeness (QED) is 0.602. The van der Waals surface area contributed by atoms with Gasteiger partial charge in [-0.3, -0.25) is 0 Å². The third kappa shape index (κ3) is 0.872. The largest absolute Gasteiger partial charge is 0.399 e. The zero-order chi connectivity index (χ0) is 8.84. The minimum absolute atomic E-state index is 0.890. The van der Waals surface area contributed by atoms with Crippen molar-refractivity contribution < 1.29 is 0 Å².